The van der Waals surface area contributed by atoms with Crippen LogP contribution in [0.3, 0.4) is 0 Å². The van der Waals surface area contributed by atoms with Crippen molar-refractivity contribution >= 4 is 17.9 Å². The second-order valence-corrected chi connectivity index (χ2v) is 9.31. The Bertz CT molecular complexity index is 876. The number of carbonyl (C=O) groups excluding carboxylic acids is 3. The summed E-state index contributed by atoms with van der Waals surface area (Å²) >= 11 is 0. The molecule has 2 saturated carbocycles. The minimum absolute atomic E-state index is 0.0389. The molecule has 0 amide bonds. The van der Waals surface area contributed by atoms with Gasteiger partial charge in [-0.15, -0.1) is 0 Å². The molecular weight excluding hydrogens is 384 g/mol. The van der Waals surface area contributed by atoms with Crippen LogP contribution in [0.2, 0.25) is 0 Å². The predicted octanol–water partition coefficient (Wildman–Crippen LogP) is 4.46. The van der Waals surface area contributed by atoms with E-state index in [0.29, 0.717) is 23.5 Å². The molecule has 0 aromatic heterocycles. The third-order valence-electron chi connectivity index (χ3n) is 7.52. The maximum atomic E-state index is 11.8. The summed E-state index contributed by atoms with van der Waals surface area (Å²) < 4.78 is 16.7. The summed E-state index contributed by atoms with van der Waals surface area (Å²) in [7, 11) is 0. The largest absolute Gasteiger partial charge is 0.462 e. The number of hydrogen-bond donors (Lipinski definition) is 0. The van der Waals surface area contributed by atoms with Gasteiger partial charge in [0.05, 0.1) is 0 Å². The average Bonchev–Trinajstić information content (AvgIpc) is 2.97. The highest BCUT2D eigenvalue weighted by Gasteiger charge is 2.57. The van der Waals surface area contributed by atoms with Crippen LogP contribution in [0.15, 0.2) is 18.2 Å². The lowest BCUT2D eigenvalue weighted by Gasteiger charge is -2.51. The molecule has 3 aliphatic rings. The fourth-order valence-corrected chi connectivity index (χ4v) is 6.43. The highest BCUT2D eigenvalue weighted by molar-refractivity contribution is 5.70. The molecule has 6 nitrogen and oxygen atoms in total. The van der Waals surface area contributed by atoms with Gasteiger partial charge in [-0.2, -0.15) is 0 Å². The molecule has 2 fully saturated rings. The molecule has 6 atom stereocenters. The van der Waals surface area contributed by atoms with Crippen LogP contribution in [-0.4, -0.2) is 24.0 Å². The first-order chi connectivity index (χ1) is 14.2. The molecule has 0 bridgehead atoms. The van der Waals surface area contributed by atoms with Gasteiger partial charge in [0.2, 0.25) is 0 Å². The Morgan fingerprint density at radius 1 is 0.933 bits per heavy atom. The van der Waals surface area contributed by atoms with E-state index in [9.17, 15) is 14.4 Å². The molecule has 0 aliphatic heterocycles. The van der Waals surface area contributed by atoms with Crippen LogP contribution >= 0.6 is 0 Å². The van der Waals surface area contributed by atoms with Gasteiger partial charge in [-0.05, 0) is 73.1 Å². The zero-order valence-corrected chi connectivity index (χ0v) is 18.1. The Morgan fingerprint density at radius 2 is 1.67 bits per heavy atom. The smallest absolute Gasteiger partial charge is 0.308 e. The Hall–Kier alpha value is -2.37. The molecule has 0 spiro atoms. The maximum Gasteiger partial charge on any atom is 0.308 e. The molecule has 0 heterocycles. The van der Waals surface area contributed by atoms with Gasteiger partial charge in [0.15, 0.2) is 0 Å². The summed E-state index contributed by atoms with van der Waals surface area (Å²) in [6.07, 6.45) is 4.25. The number of esters is 3. The summed E-state index contributed by atoms with van der Waals surface area (Å²) in [5, 5.41) is 0. The van der Waals surface area contributed by atoms with Crippen LogP contribution in [0.5, 0.6) is 5.75 Å². The highest BCUT2D eigenvalue weighted by atomic mass is 16.5. The minimum Gasteiger partial charge on any atom is -0.462 e. The van der Waals surface area contributed by atoms with Gasteiger partial charge in [-0.1, -0.05) is 13.0 Å². The summed E-state index contributed by atoms with van der Waals surface area (Å²) in [4.78, 5) is 34.9. The second-order valence-electron chi connectivity index (χ2n) is 9.31. The number of ether oxygens (including phenoxy) is 3. The van der Waals surface area contributed by atoms with E-state index in [1.165, 1.54) is 26.3 Å². The molecule has 3 aliphatic carbocycles. The van der Waals surface area contributed by atoms with Gasteiger partial charge in [-0.25, -0.2) is 0 Å². The van der Waals surface area contributed by atoms with Gasteiger partial charge in [0.1, 0.15) is 18.0 Å². The SMILES string of the molecule is CC(=O)Oc1ccc2c(c1)C(OC(C)=O)CC1C2CCC2(C)C(OC(C)=O)CCC12. The molecule has 0 N–H and O–H groups in total. The molecule has 162 valence electrons. The second kappa shape index (κ2) is 7.71. The Kier molecular flexibility index (Phi) is 5.37. The summed E-state index contributed by atoms with van der Waals surface area (Å²) in [5.41, 5.74) is 2.10. The Balaban J connectivity index is 1.69. The molecular formula is C24H30O6. The van der Waals surface area contributed by atoms with Gasteiger partial charge in [0.25, 0.3) is 0 Å². The van der Waals surface area contributed by atoms with E-state index in [4.69, 9.17) is 14.2 Å². The van der Waals surface area contributed by atoms with Crippen LogP contribution < -0.4 is 4.74 Å². The number of hydrogen-bond acceptors (Lipinski definition) is 6. The van der Waals surface area contributed by atoms with Crippen molar-refractivity contribution in [1.29, 1.82) is 0 Å². The fraction of sp³-hybridized carbons (Fsp3) is 0.625. The topological polar surface area (TPSA) is 78.9 Å². The average molecular weight is 414 g/mol. The lowest BCUT2D eigenvalue weighted by atomic mass is 9.55. The third-order valence-corrected chi connectivity index (χ3v) is 7.52. The standard InChI is InChI=1S/C24H30O6/c1-13(25)28-16-5-6-17-18-9-10-24(4)21(7-8-23(24)30-15(3)27)19(18)12-22(20(17)11-16)29-14(2)26/h5-6,11,18-19,21-23H,7-10,12H2,1-4H3. The normalized spacial score (nSPS) is 34.2. The summed E-state index contributed by atoms with van der Waals surface area (Å²) in [6, 6.07) is 5.71. The van der Waals surface area contributed by atoms with Crippen molar-refractivity contribution < 1.29 is 28.6 Å². The van der Waals surface area contributed by atoms with Crippen LogP contribution in [0.25, 0.3) is 0 Å². The van der Waals surface area contributed by atoms with Gasteiger partial charge in [-0.3, -0.25) is 14.4 Å². The van der Waals surface area contributed by atoms with E-state index < -0.39 is 0 Å². The van der Waals surface area contributed by atoms with Crippen molar-refractivity contribution in [1.82, 2.24) is 0 Å². The predicted molar refractivity (Wildman–Crippen MR) is 109 cm³/mol. The Labute approximate surface area is 177 Å². The third kappa shape index (κ3) is 3.61. The van der Waals surface area contributed by atoms with Gasteiger partial charge < -0.3 is 14.2 Å². The number of benzene rings is 1. The number of carbonyl (C=O) groups is 3. The van der Waals surface area contributed by atoms with Crippen molar-refractivity contribution in [3.8, 4) is 5.75 Å². The molecule has 6 heteroatoms. The first kappa shape index (κ1) is 20.9. The van der Waals surface area contributed by atoms with Crippen molar-refractivity contribution in [3.63, 3.8) is 0 Å². The van der Waals surface area contributed by atoms with Crippen LogP contribution in [0.1, 0.15) is 82.9 Å². The van der Waals surface area contributed by atoms with Crippen LogP contribution in [-0.2, 0) is 23.9 Å². The van der Waals surface area contributed by atoms with E-state index in [2.05, 4.69) is 6.92 Å². The van der Waals surface area contributed by atoms with E-state index in [0.717, 1.165) is 37.7 Å². The molecule has 4 rings (SSSR count). The lowest BCUT2D eigenvalue weighted by molar-refractivity contribution is -0.157. The number of rotatable bonds is 3. The quantitative estimate of drug-likeness (QED) is 0.537. The van der Waals surface area contributed by atoms with E-state index in [-0.39, 0.29) is 35.5 Å². The van der Waals surface area contributed by atoms with Gasteiger partial charge in [0, 0.05) is 26.2 Å². The van der Waals surface area contributed by atoms with Gasteiger partial charge >= 0.3 is 17.9 Å². The molecule has 30 heavy (non-hydrogen) atoms. The van der Waals surface area contributed by atoms with E-state index >= 15 is 0 Å². The van der Waals surface area contributed by atoms with E-state index in [1.54, 1.807) is 0 Å². The minimum atomic E-state index is -0.372. The molecule has 0 radical (unpaired) electrons. The van der Waals surface area contributed by atoms with Crippen molar-refractivity contribution in [2.75, 3.05) is 0 Å². The number of fused-ring (bicyclic) bond motifs is 5. The summed E-state index contributed by atoms with van der Waals surface area (Å²) in [6.45, 7) is 6.55. The maximum absolute atomic E-state index is 11.8. The first-order valence-electron chi connectivity index (χ1n) is 10.9. The molecule has 1 aromatic carbocycles. The summed E-state index contributed by atoms with van der Waals surface area (Å²) in [5.74, 6) is 0.726. The molecule has 0 saturated heterocycles. The zero-order chi connectivity index (χ0) is 21.6. The fourth-order valence-electron chi connectivity index (χ4n) is 6.43. The first-order valence-corrected chi connectivity index (χ1v) is 10.9. The van der Waals surface area contributed by atoms with E-state index in [1.807, 2.05) is 18.2 Å². The Morgan fingerprint density at radius 3 is 2.33 bits per heavy atom. The monoisotopic (exact) mass is 414 g/mol. The van der Waals surface area contributed by atoms with Crippen molar-refractivity contribution in [2.24, 2.45) is 17.3 Å². The van der Waals surface area contributed by atoms with Crippen molar-refractivity contribution in [3.05, 3.63) is 29.3 Å². The zero-order valence-electron chi connectivity index (χ0n) is 18.1. The van der Waals surface area contributed by atoms with Crippen LogP contribution in [0.4, 0.5) is 0 Å². The van der Waals surface area contributed by atoms with Crippen LogP contribution in [0, 0.1) is 17.3 Å². The highest BCUT2D eigenvalue weighted by Crippen LogP contribution is 2.63. The molecule has 1 aromatic rings. The van der Waals surface area contributed by atoms with Crippen molar-refractivity contribution in [2.45, 2.75) is 77.9 Å². The molecule has 6 unspecified atom stereocenters. The lowest BCUT2D eigenvalue weighted by Crippen LogP contribution is -2.45.